The Hall–Kier alpha value is -2.55. The van der Waals surface area contributed by atoms with Crippen molar-refractivity contribution < 1.29 is 9.90 Å². The van der Waals surface area contributed by atoms with Crippen LogP contribution in [0.4, 0.5) is 0 Å². The molecule has 0 aliphatic rings. The first-order valence-electron chi connectivity index (χ1n) is 7.03. The highest BCUT2D eigenvalue weighted by Crippen LogP contribution is 2.32. The van der Waals surface area contributed by atoms with Crippen LogP contribution in [0.3, 0.4) is 0 Å². The van der Waals surface area contributed by atoms with Gasteiger partial charge in [0.1, 0.15) is 5.69 Å². The second-order valence-corrected chi connectivity index (χ2v) is 5.14. The molecule has 0 atom stereocenters. The lowest BCUT2D eigenvalue weighted by Crippen LogP contribution is -2.03. The Morgan fingerprint density at radius 2 is 1.81 bits per heavy atom. The summed E-state index contributed by atoms with van der Waals surface area (Å²) >= 11 is 0. The van der Waals surface area contributed by atoms with Gasteiger partial charge in [0.25, 0.3) is 0 Å². The predicted molar refractivity (Wildman–Crippen MR) is 84.7 cm³/mol. The molecule has 0 aliphatic carbocycles. The number of benzene rings is 2. The number of aryl methyl sites for hydroxylation is 2. The number of fused-ring (bicyclic) bond motifs is 1. The summed E-state index contributed by atoms with van der Waals surface area (Å²) in [6, 6.07) is 16.0. The molecule has 0 saturated heterocycles. The van der Waals surface area contributed by atoms with E-state index in [1.165, 1.54) is 11.1 Å². The number of carboxylic acid groups (broad SMARTS) is 1. The molecule has 2 aromatic carbocycles. The molecule has 3 heteroatoms. The van der Waals surface area contributed by atoms with Crippen LogP contribution in [0, 0.1) is 0 Å². The van der Waals surface area contributed by atoms with E-state index >= 15 is 0 Å². The highest BCUT2D eigenvalue weighted by atomic mass is 16.4. The Morgan fingerprint density at radius 3 is 2.52 bits per heavy atom. The molecule has 3 nitrogen and oxygen atoms in total. The van der Waals surface area contributed by atoms with Gasteiger partial charge in [-0.05, 0) is 35.2 Å². The molecular formula is C18H17NO2. The second-order valence-electron chi connectivity index (χ2n) is 5.14. The van der Waals surface area contributed by atoms with Gasteiger partial charge >= 0.3 is 5.97 Å². The Bertz CT molecular complexity index is 830. The zero-order chi connectivity index (χ0) is 15.0. The highest BCUT2D eigenvalue weighted by Gasteiger charge is 2.15. The molecule has 0 bridgehead atoms. The van der Waals surface area contributed by atoms with E-state index < -0.39 is 5.97 Å². The van der Waals surface area contributed by atoms with Gasteiger partial charge in [-0.1, -0.05) is 43.3 Å². The van der Waals surface area contributed by atoms with E-state index in [4.69, 9.17) is 0 Å². The summed E-state index contributed by atoms with van der Waals surface area (Å²) in [6.45, 7) is 2.13. The van der Waals surface area contributed by atoms with Crippen molar-refractivity contribution in [1.82, 2.24) is 4.57 Å². The molecule has 0 radical (unpaired) electrons. The Labute approximate surface area is 123 Å². The van der Waals surface area contributed by atoms with Crippen molar-refractivity contribution in [2.45, 2.75) is 13.3 Å². The summed E-state index contributed by atoms with van der Waals surface area (Å²) in [7, 11) is 1.79. The van der Waals surface area contributed by atoms with Gasteiger partial charge in [-0.15, -0.1) is 0 Å². The van der Waals surface area contributed by atoms with Crippen LogP contribution in [-0.2, 0) is 13.5 Å². The molecule has 3 rings (SSSR count). The molecule has 0 fully saturated rings. The van der Waals surface area contributed by atoms with E-state index in [1.54, 1.807) is 17.7 Å². The first kappa shape index (κ1) is 13.4. The highest BCUT2D eigenvalue weighted by molar-refractivity contribution is 6.01. The maximum absolute atomic E-state index is 11.3. The van der Waals surface area contributed by atoms with Crippen molar-refractivity contribution >= 4 is 16.9 Å². The number of nitrogens with zero attached hydrogens (tertiary/aromatic N) is 1. The van der Waals surface area contributed by atoms with Crippen LogP contribution < -0.4 is 0 Å². The normalized spacial score (nSPS) is 11.0. The van der Waals surface area contributed by atoms with Gasteiger partial charge in [0.15, 0.2) is 0 Å². The standard InChI is InChI=1S/C18H17NO2/c1-3-12-7-4-5-8-13(12)14-9-6-10-16-15(14)11-17(18(20)21)19(16)2/h4-11H,3H2,1-2H3,(H,20,21). The van der Waals surface area contributed by atoms with Gasteiger partial charge < -0.3 is 9.67 Å². The quantitative estimate of drug-likeness (QED) is 0.784. The van der Waals surface area contributed by atoms with Crippen LogP contribution in [0.25, 0.3) is 22.0 Å². The van der Waals surface area contributed by atoms with E-state index in [1.807, 2.05) is 24.3 Å². The van der Waals surface area contributed by atoms with Crippen molar-refractivity contribution in [2.75, 3.05) is 0 Å². The number of carbonyl (C=O) groups is 1. The zero-order valence-corrected chi connectivity index (χ0v) is 12.1. The molecule has 1 N–H and O–H groups in total. The Balaban J connectivity index is 2.34. The van der Waals surface area contributed by atoms with Crippen LogP contribution in [0.2, 0.25) is 0 Å². The number of hydrogen-bond acceptors (Lipinski definition) is 1. The minimum absolute atomic E-state index is 0.312. The lowest BCUT2D eigenvalue weighted by Gasteiger charge is -2.09. The average molecular weight is 279 g/mol. The summed E-state index contributed by atoms with van der Waals surface area (Å²) < 4.78 is 1.73. The van der Waals surface area contributed by atoms with Crippen molar-refractivity contribution in [3.05, 3.63) is 59.8 Å². The molecule has 106 valence electrons. The van der Waals surface area contributed by atoms with Crippen LogP contribution >= 0.6 is 0 Å². The molecule has 1 aromatic heterocycles. The van der Waals surface area contributed by atoms with E-state index in [2.05, 4.69) is 25.1 Å². The van der Waals surface area contributed by atoms with Gasteiger partial charge in [0, 0.05) is 18.0 Å². The summed E-state index contributed by atoms with van der Waals surface area (Å²) in [5, 5.41) is 10.3. The maximum atomic E-state index is 11.3. The summed E-state index contributed by atoms with van der Waals surface area (Å²) in [5.74, 6) is -0.900. The smallest absolute Gasteiger partial charge is 0.352 e. The second kappa shape index (κ2) is 5.09. The maximum Gasteiger partial charge on any atom is 0.352 e. The topological polar surface area (TPSA) is 42.2 Å². The third-order valence-corrected chi connectivity index (χ3v) is 3.99. The molecule has 0 amide bonds. The fraction of sp³-hybridized carbons (Fsp3) is 0.167. The van der Waals surface area contributed by atoms with Gasteiger partial charge in [-0.3, -0.25) is 0 Å². The molecule has 1 heterocycles. The van der Waals surface area contributed by atoms with Gasteiger partial charge in [-0.25, -0.2) is 4.79 Å². The number of carboxylic acids is 1. The largest absolute Gasteiger partial charge is 0.477 e. The van der Waals surface area contributed by atoms with E-state index in [-0.39, 0.29) is 0 Å². The molecule has 0 saturated carbocycles. The SMILES string of the molecule is CCc1ccccc1-c1cccc2c1cc(C(=O)O)n2C. The van der Waals surface area contributed by atoms with E-state index in [0.29, 0.717) is 5.69 Å². The molecule has 3 aromatic rings. The monoisotopic (exact) mass is 279 g/mol. The minimum atomic E-state index is -0.900. The number of aromatic carboxylic acids is 1. The molecule has 0 aliphatic heterocycles. The summed E-state index contributed by atoms with van der Waals surface area (Å²) in [6.07, 6.45) is 0.950. The van der Waals surface area contributed by atoms with Crippen molar-refractivity contribution in [3.8, 4) is 11.1 Å². The van der Waals surface area contributed by atoms with Gasteiger partial charge in [0.05, 0.1) is 0 Å². The average Bonchev–Trinajstić information content (AvgIpc) is 2.85. The molecular weight excluding hydrogens is 262 g/mol. The Morgan fingerprint density at radius 1 is 1.10 bits per heavy atom. The van der Waals surface area contributed by atoms with Crippen LogP contribution in [-0.4, -0.2) is 15.6 Å². The molecule has 0 spiro atoms. The van der Waals surface area contributed by atoms with Crippen molar-refractivity contribution in [1.29, 1.82) is 0 Å². The van der Waals surface area contributed by atoms with Crippen molar-refractivity contribution in [2.24, 2.45) is 7.05 Å². The lowest BCUT2D eigenvalue weighted by atomic mass is 9.95. The molecule has 0 unspecified atom stereocenters. The fourth-order valence-corrected chi connectivity index (χ4v) is 2.89. The van der Waals surface area contributed by atoms with E-state index in [9.17, 15) is 9.90 Å². The number of aromatic nitrogens is 1. The summed E-state index contributed by atoms with van der Waals surface area (Å²) in [5.41, 5.74) is 4.79. The van der Waals surface area contributed by atoms with Crippen LogP contribution in [0.15, 0.2) is 48.5 Å². The Kier molecular flexibility index (Phi) is 3.26. The van der Waals surface area contributed by atoms with Crippen molar-refractivity contribution in [3.63, 3.8) is 0 Å². The van der Waals surface area contributed by atoms with Gasteiger partial charge in [-0.2, -0.15) is 0 Å². The van der Waals surface area contributed by atoms with E-state index in [0.717, 1.165) is 22.9 Å². The minimum Gasteiger partial charge on any atom is -0.477 e. The lowest BCUT2D eigenvalue weighted by molar-refractivity contribution is 0.0687. The molecule has 21 heavy (non-hydrogen) atoms. The fourth-order valence-electron chi connectivity index (χ4n) is 2.89. The van der Waals surface area contributed by atoms with Crippen LogP contribution in [0.5, 0.6) is 0 Å². The third kappa shape index (κ3) is 2.11. The van der Waals surface area contributed by atoms with Gasteiger partial charge in [0.2, 0.25) is 0 Å². The zero-order valence-electron chi connectivity index (χ0n) is 12.1. The summed E-state index contributed by atoms with van der Waals surface area (Å²) in [4.78, 5) is 11.3. The third-order valence-electron chi connectivity index (χ3n) is 3.99. The first-order chi connectivity index (χ1) is 10.1. The predicted octanol–water partition coefficient (Wildman–Crippen LogP) is 4.11. The number of hydrogen-bond donors (Lipinski definition) is 1. The number of rotatable bonds is 3. The first-order valence-corrected chi connectivity index (χ1v) is 7.03. The van der Waals surface area contributed by atoms with Crippen LogP contribution in [0.1, 0.15) is 23.0 Å².